The Morgan fingerprint density at radius 2 is 1.69 bits per heavy atom. The number of carbonyl (C=O) groups is 1. The second-order valence-corrected chi connectivity index (χ2v) is 3.79. The molecule has 1 N–H and O–H groups in total. The van der Waals surface area contributed by atoms with Crippen molar-refractivity contribution in [3.05, 3.63) is 0 Å². The molecule has 3 nitrogen and oxygen atoms in total. The van der Waals surface area contributed by atoms with Gasteiger partial charge in [-0.3, -0.25) is 4.79 Å². The molecule has 76 valence electrons. The molecule has 13 heavy (non-hydrogen) atoms. The van der Waals surface area contributed by atoms with Gasteiger partial charge in [-0.05, 0) is 37.8 Å². The van der Waals surface area contributed by atoms with Gasteiger partial charge in [0.15, 0.2) is 0 Å². The molecule has 2 atom stereocenters. The molecule has 0 amide bonds. The molecule has 0 aromatic carbocycles. The first-order chi connectivity index (χ1) is 6.38. The molecule has 1 aliphatic heterocycles. The van der Waals surface area contributed by atoms with Crippen LogP contribution < -0.4 is 5.32 Å². The van der Waals surface area contributed by atoms with E-state index in [1.165, 1.54) is 45.9 Å². The van der Waals surface area contributed by atoms with Crippen LogP contribution in [-0.2, 0) is 9.53 Å². The first-order valence-electron chi connectivity index (χ1n) is 5.05. The summed E-state index contributed by atoms with van der Waals surface area (Å²) < 4.78 is 3.86. The van der Waals surface area contributed by atoms with Crippen molar-refractivity contribution >= 4 is 6.47 Å². The van der Waals surface area contributed by atoms with Crippen molar-refractivity contribution in [2.45, 2.75) is 25.7 Å². The van der Waals surface area contributed by atoms with E-state index in [-0.39, 0.29) is 0 Å². The van der Waals surface area contributed by atoms with Gasteiger partial charge in [0.05, 0.1) is 7.11 Å². The van der Waals surface area contributed by atoms with Crippen LogP contribution in [0.4, 0.5) is 0 Å². The Bertz CT molecular complexity index is 138. The maximum atomic E-state index is 8.95. The molecule has 0 aromatic heterocycles. The molecule has 2 rings (SSSR count). The Kier molecular flexibility index (Phi) is 4.83. The molecule has 0 spiro atoms. The van der Waals surface area contributed by atoms with Crippen LogP contribution >= 0.6 is 0 Å². The first-order valence-corrected chi connectivity index (χ1v) is 5.05. The Hall–Kier alpha value is -0.570. The van der Waals surface area contributed by atoms with Crippen LogP contribution in [0.15, 0.2) is 0 Å². The molecule has 2 fully saturated rings. The van der Waals surface area contributed by atoms with E-state index in [0.717, 1.165) is 11.8 Å². The van der Waals surface area contributed by atoms with Crippen molar-refractivity contribution in [1.29, 1.82) is 0 Å². The van der Waals surface area contributed by atoms with Crippen LogP contribution in [0.1, 0.15) is 25.7 Å². The summed E-state index contributed by atoms with van der Waals surface area (Å²) in [7, 11) is 1.31. The van der Waals surface area contributed by atoms with Crippen LogP contribution in [0.3, 0.4) is 0 Å². The first kappa shape index (κ1) is 10.5. The van der Waals surface area contributed by atoms with Crippen LogP contribution in [0.2, 0.25) is 0 Å². The van der Waals surface area contributed by atoms with E-state index in [1.54, 1.807) is 0 Å². The minimum absolute atomic E-state index is 0.375. The highest BCUT2D eigenvalue weighted by atomic mass is 16.5. The monoisotopic (exact) mass is 185 g/mol. The lowest BCUT2D eigenvalue weighted by Crippen LogP contribution is -2.16. The Balaban J connectivity index is 0.000000184. The Morgan fingerprint density at radius 1 is 1.23 bits per heavy atom. The Morgan fingerprint density at radius 3 is 2.08 bits per heavy atom. The quantitative estimate of drug-likeness (QED) is 0.623. The number of hydrogen-bond donors (Lipinski definition) is 1. The Labute approximate surface area is 79.8 Å². The van der Waals surface area contributed by atoms with Crippen LogP contribution in [0.25, 0.3) is 0 Å². The third kappa shape index (κ3) is 3.35. The molecule has 3 heteroatoms. The van der Waals surface area contributed by atoms with Crippen LogP contribution in [-0.4, -0.2) is 26.7 Å². The lowest BCUT2D eigenvalue weighted by molar-refractivity contribution is -0.126. The number of rotatable bonds is 1. The average Bonchev–Trinajstić information content (AvgIpc) is 2.66. The summed E-state index contributed by atoms with van der Waals surface area (Å²) in [4.78, 5) is 8.95. The lowest BCUT2D eigenvalue weighted by Gasteiger charge is -2.23. The maximum Gasteiger partial charge on any atom is 0.292 e. The second kappa shape index (κ2) is 5.97. The molecule has 1 aliphatic carbocycles. The molecule has 2 aliphatic rings. The maximum absolute atomic E-state index is 8.95. The zero-order valence-electron chi connectivity index (χ0n) is 8.29. The minimum Gasteiger partial charge on any atom is -0.471 e. The van der Waals surface area contributed by atoms with Gasteiger partial charge in [0.2, 0.25) is 0 Å². The molecule has 0 radical (unpaired) electrons. The van der Waals surface area contributed by atoms with Crippen molar-refractivity contribution in [2.75, 3.05) is 20.2 Å². The SMILES string of the molecule is C1CCC2CNCC2C1.COC=O. The predicted molar refractivity (Wildman–Crippen MR) is 51.4 cm³/mol. The van der Waals surface area contributed by atoms with E-state index in [2.05, 4.69) is 10.1 Å². The fourth-order valence-electron chi connectivity index (χ4n) is 2.28. The van der Waals surface area contributed by atoms with Crippen LogP contribution in [0.5, 0.6) is 0 Å². The highest BCUT2D eigenvalue weighted by Gasteiger charge is 2.28. The van der Waals surface area contributed by atoms with Crippen molar-refractivity contribution in [1.82, 2.24) is 5.32 Å². The van der Waals surface area contributed by atoms with Gasteiger partial charge in [0.1, 0.15) is 0 Å². The van der Waals surface area contributed by atoms with Crippen molar-refractivity contribution < 1.29 is 9.53 Å². The third-order valence-corrected chi connectivity index (χ3v) is 2.98. The molecule has 1 saturated carbocycles. The van der Waals surface area contributed by atoms with Gasteiger partial charge in [0, 0.05) is 0 Å². The third-order valence-electron chi connectivity index (χ3n) is 2.98. The smallest absolute Gasteiger partial charge is 0.292 e. The van der Waals surface area contributed by atoms with Crippen molar-refractivity contribution in [3.8, 4) is 0 Å². The highest BCUT2D eigenvalue weighted by molar-refractivity contribution is 5.36. The molecule has 2 unspecified atom stereocenters. The standard InChI is InChI=1S/C8H15N.C2H4O2/c1-2-4-8-6-9-5-7(8)3-1;1-4-2-3/h7-9H,1-6H2;2H,1H3. The summed E-state index contributed by atoms with van der Waals surface area (Å²) >= 11 is 0. The van der Waals surface area contributed by atoms with Gasteiger partial charge in [0.25, 0.3) is 6.47 Å². The molecule has 1 heterocycles. The highest BCUT2D eigenvalue weighted by Crippen LogP contribution is 2.31. The largest absolute Gasteiger partial charge is 0.471 e. The minimum atomic E-state index is 0.375. The number of fused-ring (bicyclic) bond motifs is 1. The average molecular weight is 185 g/mol. The summed E-state index contributed by atoms with van der Waals surface area (Å²) in [5.74, 6) is 2.11. The summed E-state index contributed by atoms with van der Waals surface area (Å²) in [6, 6.07) is 0. The fraction of sp³-hybridized carbons (Fsp3) is 0.900. The number of carbonyl (C=O) groups excluding carboxylic acids is 1. The van der Waals surface area contributed by atoms with E-state index in [0.29, 0.717) is 6.47 Å². The fourth-order valence-corrected chi connectivity index (χ4v) is 2.28. The van der Waals surface area contributed by atoms with E-state index >= 15 is 0 Å². The van der Waals surface area contributed by atoms with Gasteiger partial charge in [-0.25, -0.2) is 0 Å². The van der Waals surface area contributed by atoms with Gasteiger partial charge in [-0.1, -0.05) is 12.8 Å². The van der Waals surface area contributed by atoms with Crippen molar-refractivity contribution in [3.63, 3.8) is 0 Å². The number of methoxy groups -OCH3 is 1. The normalized spacial score (nSPS) is 31.2. The summed E-state index contributed by atoms with van der Waals surface area (Å²) in [5.41, 5.74) is 0. The number of hydrogen-bond acceptors (Lipinski definition) is 3. The van der Waals surface area contributed by atoms with Crippen LogP contribution in [0, 0.1) is 11.8 Å². The van der Waals surface area contributed by atoms with E-state index in [1.807, 2.05) is 0 Å². The molecular formula is C10H19NO2. The van der Waals surface area contributed by atoms with Gasteiger partial charge in [-0.15, -0.1) is 0 Å². The van der Waals surface area contributed by atoms with E-state index in [4.69, 9.17) is 4.79 Å². The summed E-state index contributed by atoms with van der Waals surface area (Å²) in [6.45, 7) is 3.00. The topological polar surface area (TPSA) is 38.3 Å². The number of ether oxygens (including phenoxy) is 1. The second-order valence-electron chi connectivity index (χ2n) is 3.79. The zero-order chi connectivity index (χ0) is 9.52. The van der Waals surface area contributed by atoms with Gasteiger partial charge in [-0.2, -0.15) is 0 Å². The van der Waals surface area contributed by atoms with E-state index < -0.39 is 0 Å². The predicted octanol–water partition coefficient (Wildman–Crippen LogP) is 1.19. The van der Waals surface area contributed by atoms with Gasteiger partial charge < -0.3 is 10.1 Å². The van der Waals surface area contributed by atoms with Crippen molar-refractivity contribution in [2.24, 2.45) is 11.8 Å². The van der Waals surface area contributed by atoms with E-state index in [9.17, 15) is 0 Å². The molecule has 0 bridgehead atoms. The lowest BCUT2D eigenvalue weighted by atomic mass is 9.82. The molecule has 0 aromatic rings. The number of nitrogens with one attached hydrogen (secondary N) is 1. The molecular weight excluding hydrogens is 166 g/mol. The molecule has 1 saturated heterocycles. The zero-order valence-corrected chi connectivity index (χ0v) is 8.29. The summed E-state index contributed by atoms with van der Waals surface area (Å²) in [6.07, 6.45) is 5.97. The van der Waals surface area contributed by atoms with Gasteiger partial charge >= 0.3 is 0 Å². The summed E-state index contributed by atoms with van der Waals surface area (Å²) in [5, 5.41) is 3.46.